The first kappa shape index (κ1) is 32.7. The number of anilines is 1. The van der Waals surface area contributed by atoms with E-state index < -0.39 is 15.9 Å². The van der Waals surface area contributed by atoms with Gasteiger partial charge >= 0.3 is 0 Å². The first-order chi connectivity index (χ1) is 22.3. The summed E-state index contributed by atoms with van der Waals surface area (Å²) in [4.78, 5) is 13.6. The Bertz CT molecular complexity index is 1960. The van der Waals surface area contributed by atoms with Crippen molar-refractivity contribution in [2.24, 2.45) is 5.10 Å². The van der Waals surface area contributed by atoms with Crippen molar-refractivity contribution in [2.45, 2.75) is 18.0 Å². The average molecular weight is 719 g/mol. The molecule has 0 aliphatic heterocycles. The lowest BCUT2D eigenvalue weighted by Crippen LogP contribution is -2.33. The number of carbonyl (C=O) groups excluding carboxylic acids is 1. The van der Waals surface area contributed by atoms with Crippen LogP contribution in [0.15, 0.2) is 136 Å². The summed E-state index contributed by atoms with van der Waals surface area (Å²) in [5.74, 6) is 0.344. The SMILES string of the molecule is COc1cc(/C=N/NC(=O)c2ccccc2N(Cc2ccccc2)S(=O)(=O)c2ccccc2)cc(Br)c1OCc1ccccc1Cl. The first-order valence-corrected chi connectivity index (χ1v) is 16.7. The number of nitrogens with one attached hydrogen (secondary N) is 1. The minimum absolute atomic E-state index is 0.0182. The number of ether oxygens (including phenoxy) is 2. The van der Waals surface area contributed by atoms with Gasteiger partial charge in [-0.3, -0.25) is 9.10 Å². The Morgan fingerprint density at radius 1 is 0.913 bits per heavy atom. The molecule has 46 heavy (non-hydrogen) atoms. The fraction of sp³-hybridized carbons (Fsp3) is 0.0857. The predicted octanol–water partition coefficient (Wildman–Crippen LogP) is 7.85. The summed E-state index contributed by atoms with van der Waals surface area (Å²) >= 11 is 9.79. The zero-order chi connectivity index (χ0) is 32.5. The summed E-state index contributed by atoms with van der Waals surface area (Å²) < 4.78 is 41.2. The van der Waals surface area contributed by atoms with E-state index in [1.807, 2.05) is 48.5 Å². The maximum absolute atomic E-state index is 13.9. The van der Waals surface area contributed by atoms with Crippen molar-refractivity contribution >= 4 is 55.4 Å². The van der Waals surface area contributed by atoms with Crippen LogP contribution in [-0.2, 0) is 23.2 Å². The Morgan fingerprint density at radius 2 is 1.57 bits per heavy atom. The number of benzene rings is 5. The van der Waals surface area contributed by atoms with Crippen molar-refractivity contribution in [3.05, 3.63) is 153 Å². The molecule has 8 nitrogen and oxygen atoms in total. The molecule has 5 aromatic carbocycles. The number of hydrogen-bond acceptors (Lipinski definition) is 6. The molecule has 0 atom stereocenters. The van der Waals surface area contributed by atoms with Gasteiger partial charge in [-0.15, -0.1) is 0 Å². The van der Waals surface area contributed by atoms with Crippen LogP contribution in [0.5, 0.6) is 11.5 Å². The molecule has 5 aromatic rings. The van der Waals surface area contributed by atoms with Gasteiger partial charge in [0.25, 0.3) is 15.9 Å². The number of hydrazone groups is 1. The van der Waals surface area contributed by atoms with Gasteiger partial charge in [-0.1, -0.05) is 90.5 Å². The van der Waals surface area contributed by atoms with Crippen molar-refractivity contribution < 1.29 is 22.7 Å². The lowest BCUT2D eigenvalue weighted by molar-refractivity contribution is 0.0955. The smallest absolute Gasteiger partial charge is 0.273 e. The molecule has 0 saturated carbocycles. The summed E-state index contributed by atoms with van der Waals surface area (Å²) in [5.41, 5.74) is 5.07. The number of rotatable bonds is 12. The van der Waals surface area contributed by atoms with Crippen LogP contribution in [0.4, 0.5) is 5.69 Å². The monoisotopic (exact) mass is 717 g/mol. The van der Waals surface area contributed by atoms with E-state index in [1.54, 1.807) is 60.7 Å². The lowest BCUT2D eigenvalue weighted by Gasteiger charge is -2.26. The van der Waals surface area contributed by atoms with E-state index in [2.05, 4.69) is 26.5 Å². The summed E-state index contributed by atoms with van der Waals surface area (Å²) in [6.45, 7) is 0.253. The molecule has 0 radical (unpaired) electrons. The zero-order valence-corrected chi connectivity index (χ0v) is 27.8. The predicted molar refractivity (Wildman–Crippen MR) is 184 cm³/mol. The summed E-state index contributed by atoms with van der Waals surface area (Å²) in [5, 5.41) is 4.74. The third kappa shape index (κ3) is 7.77. The highest BCUT2D eigenvalue weighted by atomic mass is 79.9. The average Bonchev–Trinajstić information content (AvgIpc) is 3.08. The second-order valence-corrected chi connectivity index (χ2v) is 13.1. The Hall–Kier alpha value is -4.64. The standard InChI is InChI=1S/C35H29BrClN3O5S/c1-44-33-21-26(20-30(36)34(33)45-24-27-14-8-10-18-31(27)37)22-38-39-35(41)29-17-9-11-19-32(29)40(23-25-12-4-2-5-13-25)46(42,43)28-15-6-3-7-16-28/h2-22H,23-24H2,1H3,(H,39,41)/b38-22+. The first-order valence-electron chi connectivity index (χ1n) is 14.1. The number of carbonyl (C=O) groups is 1. The number of amides is 1. The van der Waals surface area contributed by atoms with Gasteiger partial charge in [-0.05, 0) is 69.5 Å². The van der Waals surface area contributed by atoms with Gasteiger partial charge in [0, 0.05) is 10.6 Å². The highest BCUT2D eigenvalue weighted by Gasteiger charge is 2.28. The molecular formula is C35H29BrClN3O5S. The van der Waals surface area contributed by atoms with Crippen molar-refractivity contribution in [1.82, 2.24) is 5.43 Å². The number of sulfonamides is 1. The third-order valence-electron chi connectivity index (χ3n) is 6.88. The zero-order valence-electron chi connectivity index (χ0n) is 24.6. The Balaban J connectivity index is 1.38. The van der Waals surface area contributed by atoms with E-state index >= 15 is 0 Å². The molecule has 11 heteroatoms. The van der Waals surface area contributed by atoms with Crippen LogP contribution in [0.25, 0.3) is 0 Å². The maximum atomic E-state index is 13.9. The number of para-hydroxylation sites is 1. The molecule has 1 amide bonds. The molecule has 234 valence electrons. The molecule has 0 aliphatic carbocycles. The van der Waals surface area contributed by atoms with E-state index in [0.717, 1.165) is 11.1 Å². The summed E-state index contributed by atoms with van der Waals surface area (Å²) in [7, 11) is -2.51. The number of hydrogen-bond donors (Lipinski definition) is 1. The Kier molecular flexibility index (Phi) is 10.7. The molecule has 0 spiro atoms. The molecule has 5 rings (SSSR count). The van der Waals surface area contributed by atoms with Gasteiger partial charge in [0.05, 0.1) is 40.5 Å². The Labute approximate surface area is 281 Å². The maximum Gasteiger partial charge on any atom is 0.273 e. The molecule has 0 fully saturated rings. The van der Waals surface area contributed by atoms with Crippen LogP contribution >= 0.6 is 27.5 Å². The summed E-state index contributed by atoms with van der Waals surface area (Å²) in [6, 6.07) is 34.7. The number of nitrogens with zero attached hydrogens (tertiary/aromatic N) is 2. The van der Waals surface area contributed by atoms with Crippen LogP contribution in [-0.4, -0.2) is 27.6 Å². The third-order valence-corrected chi connectivity index (χ3v) is 9.61. The van der Waals surface area contributed by atoms with Crippen molar-refractivity contribution in [3.63, 3.8) is 0 Å². The molecule has 0 aliphatic rings. The molecule has 1 N–H and O–H groups in total. The van der Waals surface area contributed by atoms with Crippen LogP contribution in [0, 0.1) is 0 Å². The fourth-order valence-corrected chi connectivity index (χ4v) is 6.85. The van der Waals surface area contributed by atoms with Crippen LogP contribution in [0.3, 0.4) is 0 Å². The van der Waals surface area contributed by atoms with Crippen LogP contribution in [0.2, 0.25) is 5.02 Å². The molecule has 0 saturated heterocycles. The van der Waals surface area contributed by atoms with E-state index in [-0.39, 0.29) is 29.3 Å². The van der Waals surface area contributed by atoms with Gasteiger partial charge in [-0.2, -0.15) is 5.10 Å². The fourth-order valence-electron chi connectivity index (χ4n) is 4.60. The highest BCUT2D eigenvalue weighted by molar-refractivity contribution is 9.10. The molecule has 0 bridgehead atoms. The lowest BCUT2D eigenvalue weighted by atomic mass is 10.1. The van der Waals surface area contributed by atoms with Gasteiger partial charge in [0.15, 0.2) is 11.5 Å². The minimum atomic E-state index is -4.04. The summed E-state index contributed by atoms with van der Waals surface area (Å²) in [6.07, 6.45) is 1.45. The van der Waals surface area contributed by atoms with Gasteiger partial charge in [0.1, 0.15) is 6.61 Å². The quantitative estimate of drug-likeness (QED) is 0.105. The van der Waals surface area contributed by atoms with Crippen molar-refractivity contribution in [1.29, 1.82) is 0 Å². The second-order valence-electron chi connectivity index (χ2n) is 9.94. The number of methoxy groups -OCH3 is 1. The van der Waals surface area contributed by atoms with E-state index in [9.17, 15) is 13.2 Å². The normalized spacial score (nSPS) is 11.3. The van der Waals surface area contributed by atoms with Crippen LogP contribution in [0.1, 0.15) is 27.0 Å². The minimum Gasteiger partial charge on any atom is -0.493 e. The molecule has 0 unspecified atom stereocenters. The molecular weight excluding hydrogens is 690 g/mol. The van der Waals surface area contributed by atoms with Crippen molar-refractivity contribution in [2.75, 3.05) is 11.4 Å². The number of halogens is 2. The van der Waals surface area contributed by atoms with Gasteiger partial charge < -0.3 is 9.47 Å². The Morgan fingerprint density at radius 3 is 2.28 bits per heavy atom. The van der Waals surface area contributed by atoms with Crippen LogP contribution < -0.4 is 19.2 Å². The van der Waals surface area contributed by atoms with E-state index in [1.165, 1.54) is 29.8 Å². The molecule has 0 aromatic heterocycles. The highest BCUT2D eigenvalue weighted by Crippen LogP contribution is 2.37. The van der Waals surface area contributed by atoms with Crippen molar-refractivity contribution in [3.8, 4) is 11.5 Å². The molecule has 0 heterocycles. The van der Waals surface area contributed by atoms with Gasteiger partial charge in [0.2, 0.25) is 0 Å². The largest absolute Gasteiger partial charge is 0.493 e. The van der Waals surface area contributed by atoms with E-state index in [0.29, 0.717) is 26.6 Å². The second kappa shape index (κ2) is 15.1. The van der Waals surface area contributed by atoms with E-state index in [4.69, 9.17) is 21.1 Å². The van der Waals surface area contributed by atoms with Gasteiger partial charge in [-0.25, -0.2) is 13.8 Å². The topological polar surface area (TPSA) is 97.3 Å².